The first-order chi connectivity index (χ1) is 7.88. The van der Waals surface area contributed by atoms with Crippen molar-refractivity contribution >= 4 is 11.2 Å². The summed E-state index contributed by atoms with van der Waals surface area (Å²) in [6.45, 7) is -0.583. The van der Waals surface area contributed by atoms with E-state index >= 15 is 0 Å². The highest BCUT2D eigenvalue weighted by Gasteiger charge is 2.27. The van der Waals surface area contributed by atoms with Gasteiger partial charge in [-0.05, 0) is 0 Å². The second-order valence-electron chi connectivity index (χ2n) is 3.38. The molecule has 92 valence electrons. The third-order valence-corrected chi connectivity index (χ3v) is 2.19. The van der Waals surface area contributed by atoms with Crippen molar-refractivity contribution in [2.45, 2.75) is 19.1 Å². The summed E-state index contributed by atoms with van der Waals surface area (Å²) in [7, 11) is 0. The number of nitrogens with one attached hydrogen (secondary N) is 2. The van der Waals surface area contributed by atoms with E-state index in [1.807, 2.05) is 4.98 Å². The number of alkyl halides is 3. The normalized spacial score (nSPS) is 12.2. The van der Waals surface area contributed by atoms with Gasteiger partial charge in [0, 0.05) is 6.54 Å². The van der Waals surface area contributed by atoms with Crippen LogP contribution in [0.25, 0.3) is 11.2 Å². The summed E-state index contributed by atoms with van der Waals surface area (Å²) in [5.41, 5.74) is -1.71. The van der Waals surface area contributed by atoms with Gasteiger partial charge in [-0.15, -0.1) is 0 Å². The van der Waals surface area contributed by atoms with E-state index in [0.717, 1.165) is 10.9 Å². The van der Waals surface area contributed by atoms with E-state index in [1.165, 1.54) is 0 Å². The molecule has 0 amide bonds. The van der Waals surface area contributed by atoms with Gasteiger partial charge in [-0.3, -0.25) is 14.3 Å². The van der Waals surface area contributed by atoms with Crippen molar-refractivity contribution in [2.24, 2.45) is 0 Å². The number of aryl methyl sites for hydroxylation is 1. The predicted molar refractivity (Wildman–Crippen MR) is 51.6 cm³/mol. The molecule has 0 spiro atoms. The van der Waals surface area contributed by atoms with Gasteiger partial charge in [-0.2, -0.15) is 13.2 Å². The van der Waals surface area contributed by atoms with Gasteiger partial charge in [0.05, 0.1) is 12.7 Å². The number of hydrogen-bond acceptors (Lipinski definition) is 3. The molecule has 0 radical (unpaired) electrons. The second-order valence-corrected chi connectivity index (χ2v) is 3.38. The SMILES string of the molecule is O=c1[nH]c(=O)n(CCC(F)(F)F)c2nc[nH]c12. The molecule has 0 aliphatic heterocycles. The van der Waals surface area contributed by atoms with Gasteiger partial charge in [0.2, 0.25) is 0 Å². The van der Waals surface area contributed by atoms with E-state index < -0.39 is 30.4 Å². The van der Waals surface area contributed by atoms with Crippen LogP contribution in [0.1, 0.15) is 6.42 Å². The Hall–Kier alpha value is -2.06. The van der Waals surface area contributed by atoms with E-state index in [4.69, 9.17) is 0 Å². The Kier molecular flexibility index (Phi) is 2.52. The lowest BCUT2D eigenvalue weighted by Crippen LogP contribution is -2.31. The van der Waals surface area contributed by atoms with E-state index in [9.17, 15) is 22.8 Å². The van der Waals surface area contributed by atoms with Crippen molar-refractivity contribution in [3.63, 3.8) is 0 Å². The van der Waals surface area contributed by atoms with Crippen LogP contribution in [0.3, 0.4) is 0 Å². The highest BCUT2D eigenvalue weighted by molar-refractivity contribution is 5.68. The van der Waals surface area contributed by atoms with Crippen LogP contribution in [-0.4, -0.2) is 25.7 Å². The van der Waals surface area contributed by atoms with Crippen LogP contribution in [0.2, 0.25) is 0 Å². The fourth-order valence-corrected chi connectivity index (χ4v) is 1.43. The van der Waals surface area contributed by atoms with Gasteiger partial charge < -0.3 is 4.98 Å². The lowest BCUT2D eigenvalue weighted by atomic mass is 10.4. The number of hydrogen-bond donors (Lipinski definition) is 2. The molecule has 2 rings (SSSR count). The number of H-pyrrole nitrogens is 2. The van der Waals surface area contributed by atoms with Gasteiger partial charge >= 0.3 is 11.9 Å². The zero-order chi connectivity index (χ0) is 12.6. The Balaban J connectivity index is 2.50. The predicted octanol–water partition coefficient (Wildman–Crippen LogP) is 0.365. The minimum absolute atomic E-state index is 0.0215. The van der Waals surface area contributed by atoms with Gasteiger partial charge in [-0.25, -0.2) is 9.78 Å². The van der Waals surface area contributed by atoms with Crippen LogP contribution < -0.4 is 11.2 Å². The molecule has 2 aromatic heterocycles. The summed E-state index contributed by atoms with van der Waals surface area (Å²) in [6, 6.07) is 0. The topological polar surface area (TPSA) is 83.5 Å². The molecule has 0 bridgehead atoms. The highest BCUT2D eigenvalue weighted by atomic mass is 19.4. The molecule has 6 nitrogen and oxygen atoms in total. The Labute approximate surface area is 91.1 Å². The summed E-state index contributed by atoms with van der Waals surface area (Å²) in [6.07, 6.45) is -4.40. The maximum Gasteiger partial charge on any atom is 0.390 e. The molecule has 0 aliphatic carbocycles. The minimum atomic E-state index is -4.38. The third kappa shape index (κ3) is 2.22. The van der Waals surface area contributed by atoms with Crippen LogP contribution in [0.15, 0.2) is 15.9 Å². The fraction of sp³-hybridized carbons (Fsp3) is 0.375. The Bertz CT molecular complexity index is 651. The number of halogens is 3. The molecule has 0 atom stereocenters. The van der Waals surface area contributed by atoms with E-state index in [-0.39, 0.29) is 11.2 Å². The monoisotopic (exact) mass is 248 g/mol. The van der Waals surface area contributed by atoms with Gasteiger partial charge in [0.25, 0.3) is 5.56 Å². The van der Waals surface area contributed by atoms with Crippen LogP contribution in [0.4, 0.5) is 13.2 Å². The number of fused-ring (bicyclic) bond motifs is 1. The third-order valence-electron chi connectivity index (χ3n) is 2.19. The van der Waals surface area contributed by atoms with Gasteiger partial charge in [-0.1, -0.05) is 0 Å². The van der Waals surface area contributed by atoms with Crippen molar-refractivity contribution in [3.05, 3.63) is 27.2 Å². The van der Waals surface area contributed by atoms with E-state index in [0.29, 0.717) is 0 Å². The largest absolute Gasteiger partial charge is 0.390 e. The van der Waals surface area contributed by atoms with Crippen LogP contribution in [-0.2, 0) is 6.54 Å². The summed E-state index contributed by atoms with van der Waals surface area (Å²) < 4.78 is 37.0. The smallest absolute Gasteiger partial charge is 0.339 e. The number of aromatic amines is 2. The molecule has 2 N–H and O–H groups in total. The molecular formula is C8H7F3N4O2. The lowest BCUT2D eigenvalue weighted by molar-refractivity contribution is -0.136. The molecule has 9 heteroatoms. The van der Waals surface area contributed by atoms with E-state index in [1.54, 1.807) is 0 Å². The molecule has 0 unspecified atom stereocenters. The molecule has 0 fully saturated rings. The van der Waals surface area contributed by atoms with Crippen molar-refractivity contribution in [1.82, 2.24) is 19.5 Å². The zero-order valence-electron chi connectivity index (χ0n) is 8.34. The molecule has 0 saturated carbocycles. The first-order valence-electron chi connectivity index (χ1n) is 4.61. The molecule has 0 aromatic carbocycles. The Morgan fingerprint density at radius 3 is 2.71 bits per heavy atom. The van der Waals surface area contributed by atoms with Crippen molar-refractivity contribution < 1.29 is 13.2 Å². The average Bonchev–Trinajstić information content (AvgIpc) is 2.64. The van der Waals surface area contributed by atoms with Gasteiger partial charge in [0.1, 0.15) is 5.52 Å². The summed E-state index contributed by atoms with van der Waals surface area (Å²) >= 11 is 0. The molecule has 17 heavy (non-hydrogen) atoms. The number of aromatic nitrogens is 4. The first kappa shape index (κ1) is 11.4. The summed E-state index contributed by atoms with van der Waals surface area (Å²) in [5.74, 6) is 0. The number of nitrogens with zero attached hydrogens (tertiary/aromatic N) is 2. The summed E-state index contributed by atoms with van der Waals surface area (Å²) in [5, 5.41) is 0. The van der Waals surface area contributed by atoms with Crippen molar-refractivity contribution in [3.8, 4) is 0 Å². The molecular weight excluding hydrogens is 241 g/mol. The van der Waals surface area contributed by atoms with Crippen molar-refractivity contribution in [1.29, 1.82) is 0 Å². The van der Waals surface area contributed by atoms with Crippen LogP contribution >= 0.6 is 0 Å². The second kappa shape index (κ2) is 3.75. The number of imidazole rings is 1. The Morgan fingerprint density at radius 1 is 1.35 bits per heavy atom. The quantitative estimate of drug-likeness (QED) is 0.805. The maximum atomic E-state index is 12.1. The van der Waals surface area contributed by atoms with Crippen molar-refractivity contribution in [2.75, 3.05) is 0 Å². The maximum absolute atomic E-state index is 12.1. The minimum Gasteiger partial charge on any atom is -0.339 e. The molecule has 0 saturated heterocycles. The average molecular weight is 248 g/mol. The van der Waals surface area contributed by atoms with Crippen LogP contribution in [0, 0.1) is 0 Å². The van der Waals surface area contributed by atoms with Crippen LogP contribution in [0.5, 0.6) is 0 Å². The molecule has 2 aromatic rings. The highest BCUT2D eigenvalue weighted by Crippen LogP contribution is 2.20. The Morgan fingerprint density at radius 2 is 2.06 bits per heavy atom. The van der Waals surface area contributed by atoms with Gasteiger partial charge in [0.15, 0.2) is 5.65 Å². The zero-order valence-corrected chi connectivity index (χ0v) is 8.34. The molecule has 2 heterocycles. The molecule has 0 aliphatic rings. The number of rotatable bonds is 2. The van der Waals surface area contributed by atoms with E-state index in [2.05, 4.69) is 9.97 Å². The summed E-state index contributed by atoms with van der Waals surface area (Å²) in [4.78, 5) is 30.6. The standard InChI is InChI=1S/C8H7F3N4O2/c9-8(10,11)1-2-15-5-4(12-3-13-5)6(16)14-7(15)17/h3H,1-2H2,(H,12,13)(H,14,16,17). The first-order valence-corrected chi connectivity index (χ1v) is 4.61. The fourth-order valence-electron chi connectivity index (χ4n) is 1.43. The lowest BCUT2D eigenvalue weighted by Gasteiger charge is -2.08.